The summed E-state index contributed by atoms with van der Waals surface area (Å²) < 4.78 is 5.92. The number of pyridine rings is 1. The lowest BCUT2D eigenvalue weighted by molar-refractivity contribution is -0.142. The molecule has 3 N–H and O–H groups in total. The number of amides is 1. The van der Waals surface area contributed by atoms with E-state index in [4.69, 9.17) is 9.72 Å². The van der Waals surface area contributed by atoms with Crippen LogP contribution in [0.2, 0.25) is 0 Å². The van der Waals surface area contributed by atoms with Crippen LogP contribution in [-0.2, 0) is 28.9 Å². The highest BCUT2D eigenvalue weighted by Gasteiger charge is 2.21. The number of unbranched alkanes of at least 4 members (excludes halogenated alkanes) is 1. The van der Waals surface area contributed by atoms with Gasteiger partial charge in [0.05, 0.1) is 6.42 Å². The number of carboxylic acid groups (broad SMARTS) is 1. The smallest absolute Gasteiger partial charge is 0.326 e. The van der Waals surface area contributed by atoms with Gasteiger partial charge in [0, 0.05) is 25.3 Å². The van der Waals surface area contributed by atoms with Gasteiger partial charge in [-0.1, -0.05) is 48.5 Å². The highest BCUT2D eigenvalue weighted by atomic mass is 16.5. The molecule has 0 fully saturated rings. The maximum absolute atomic E-state index is 12.7. The molecule has 0 aliphatic carbocycles. The quantitative estimate of drug-likeness (QED) is 0.220. The highest BCUT2D eigenvalue weighted by molar-refractivity contribution is 5.85. The minimum absolute atomic E-state index is 0.164. The number of hydrogen-bond donors (Lipinski definition) is 3. The monoisotopic (exact) mass is 558 g/mol. The summed E-state index contributed by atoms with van der Waals surface area (Å²) in [5, 5.41) is 16.0. The second-order valence-corrected chi connectivity index (χ2v) is 10.7. The summed E-state index contributed by atoms with van der Waals surface area (Å²) in [5.74, 6) is 0.539. The van der Waals surface area contributed by atoms with Crippen molar-refractivity contribution >= 4 is 17.7 Å². The van der Waals surface area contributed by atoms with Crippen LogP contribution < -0.4 is 15.4 Å². The average molecular weight is 559 g/mol. The number of hydrogen-bond acceptors (Lipinski definition) is 6. The van der Waals surface area contributed by atoms with Gasteiger partial charge < -0.3 is 20.5 Å². The van der Waals surface area contributed by atoms with Gasteiger partial charge in [-0.3, -0.25) is 9.69 Å². The lowest BCUT2D eigenvalue weighted by atomic mass is 10.1. The second-order valence-electron chi connectivity index (χ2n) is 10.7. The molecule has 0 spiro atoms. The predicted molar refractivity (Wildman–Crippen MR) is 161 cm³/mol. The molecular weight excluding hydrogens is 516 g/mol. The molecular formula is C33H42N4O4. The normalized spacial score (nSPS) is 13.2. The molecule has 218 valence electrons. The molecule has 0 bridgehead atoms. The molecule has 8 nitrogen and oxygen atoms in total. The summed E-state index contributed by atoms with van der Waals surface area (Å²) >= 11 is 0. The summed E-state index contributed by atoms with van der Waals surface area (Å²) in [6.45, 7) is 5.45. The third kappa shape index (κ3) is 9.90. The Labute approximate surface area is 243 Å². The summed E-state index contributed by atoms with van der Waals surface area (Å²) in [7, 11) is 0. The topological polar surface area (TPSA) is 104 Å². The van der Waals surface area contributed by atoms with Gasteiger partial charge in [0.25, 0.3) is 0 Å². The molecule has 0 saturated heterocycles. The lowest BCUT2D eigenvalue weighted by Crippen LogP contribution is -2.44. The largest absolute Gasteiger partial charge is 0.492 e. The molecule has 1 aliphatic rings. The van der Waals surface area contributed by atoms with E-state index in [1.807, 2.05) is 61.5 Å². The summed E-state index contributed by atoms with van der Waals surface area (Å²) in [6, 6.07) is 20.7. The van der Waals surface area contributed by atoms with Crippen molar-refractivity contribution in [1.82, 2.24) is 15.2 Å². The number of aliphatic carboxylic acids is 1. The number of carboxylic acids is 1. The Bertz CT molecular complexity index is 1270. The molecule has 2 aromatic carbocycles. The summed E-state index contributed by atoms with van der Waals surface area (Å²) in [6.07, 6.45) is 5.55. The Morgan fingerprint density at radius 2 is 1.83 bits per heavy atom. The van der Waals surface area contributed by atoms with Crippen LogP contribution in [0.3, 0.4) is 0 Å². The first-order valence-electron chi connectivity index (χ1n) is 14.7. The van der Waals surface area contributed by atoms with Gasteiger partial charge in [-0.25, -0.2) is 9.78 Å². The number of para-hydroxylation sites is 1. The van der Waals surface area contributed by atoms with E-state index in [1.54, 1.807) is 0 Å². The molecule has 2 heterocycles. The first-order valence-corrected chi connectivity index (χ1v) is 14.7. The summed E-state index contributed by atoms with van der Waals surface area (Å²) in [4.78, 5) is 31.7. The Kier molecular flexibility index (Phi) is 11.6. The van der Waals surface area contributed by atoms with Crippen molar-refractivity contribution in [1.29, 1.82) is 0 Å². The number of aromatic nitrogens is 1. The number of aryl methyl sites for hydroxylation is 3. The zero-order chi connectivity index (χ0) is 28.9. The molecule has 41 heavy (non-hydrogen) atoms. The minimum atomic E-state index is -1.02. The van der Waals surface area contributed by atoms with E-state index >= 15 is 0 Å². The number of rotatable bonds is 16. The van der Waals surface area contributed by atoms with E-state index in [-0.39, 0.29) is 12.3 Å². The molecule has 1 atom stereocenters. The maximum atomic E-state index is 12.7. The fraction of sp³-hybridized carbons (Fsp3) is 0.424. The van der Waals surface area contributed by atoms with Crippen molar-refractivity contribution in [3.05, 3.63) is 89.1 Å². The zero-order valence-corrected chi connectivity index (χ0v) is 24.0. The minimum Gasteiger partial charge on any atom is -0.492 e. The maximum Gasteiger partial charge on any atom is 0.326 e. The number of fused-ring (bicyclic) bond motifs is 1. The molecule has 4 rings (SSSR count). The number of carbonyl (C=O) groups is 2. The van der Waals surface area contributed by atoms with E-state index in [0.717, 1.165) is 73.6 Å². The van der Waals surface area contributed by atoms with Crippen molar-refractivity contribution in [3.8, 4) is 5.75 Å². The fourth-order valence-corrected chi connectivity index (χ4v) is 5.09. The number of nitrogens with one attached hydrogen (secondary N) is 2. The summed E-state index contributed by atoms with van der Waals surface area (Å²) in [5.41, 5.74) is 4.31. The Balaban J connectivity index is 1.28. The lowest BCUT2D eigenvalue weighted by Gasteiger charge is -2.24. The van der Waals surface area contributed by atoms with Crippen LogP contribution in [-0.4, -0.2) is 65.7 Å². The van der Waals surface area contributed by atoms with E-state index in [0.29, 0.717) is 26.1 Å². The van der Waals surface area contributed by atoms with Gasteiger partial charge in [-0.2, -0.15) is 0 Å². The van der Waals surface area contributed by atoms with Crippen LogP contribution >= 0.6 is 0 Å². The van der Waals surface area contributed by atoms with Crippen molar-refractivity contribution in [3.63, 3.8) is 0 Å². The molecule has 1 amide bonds. The zero-order valence-electron chi connectivity index (χ0n) is 24.0. The van der Waals surface area contributed by atoms with E-state index in [2.05, 4.69) is 27.7 Å². The number of carbonyl (C=O) groups excluding carboxylic acids is 1. The van der Waals surface area contributed by atoms with Crippen LogP contribution in [0.15, 0.2) is 66.7 Å². The van der Waals surface area contributed by atoms with Crippen LogP contribution in [0, 0.1) is 6.92 Å². The molecule has 0 radical (unpaired) electrons. The van der Waals surface area contributed by atoms with Crippen LogP contribution in [0.4, 0.5) is 5.82 Å². The van der Waals surface area contributed by atoms with E-state index < -0.39 is 12.0 Å². The molecule has 1 aliphatic heterocycles. The second kappa shape index (κ2) is 15.8. The van der Waals surface area contributed by atoms with Crippen LogP contribution in [0.1, 0.15) is 48.1 Å². The van der Waals surface area contributed by atoms with Gasteiger partial charge in [0.2, 0.25) is 5.91 Å². The average Bonchev–Trinajstić information content (AvgIpc) is 2.98. The predicted octanol–water partition coefficient (Wildman–Crippen LogP) is 4.65. The van der Waals surface area contributed by atoms with Gasteiger partial charge in [-0.05, 0) is 86.9 Å². The number of benzene rings is 2. The van der Waals surface area contributed by atoms with Gasteiger partial charge in [0.15, 0.2) is 0 Å². The number of ether oxygens (including phenoxy) is 1. The standard InChI is InChI=1S/C33H42N4O4/c1-25-10-5-6-11-27(25)24-31(38)36-30(33(39)40)18-21-37(22-23-41-29-14-3-2-4-15-29)20-8-7-13-28-17-16-26-12-9-19-34-32(26)35-28/h2-6,10-11,14-17,30H,7-9,12-13,18-24H2,1H3,(H,34,35)(H,36,38)(H,39,40)/t30-/m0/s1. The van der Waals surface area contributed by atoms with Crippen LogP contribution in [0.5, 0.6) is 5.75 Å². The molecule has 8 heteroatoms. The Morgan fingerprint density at radius 1 is 1.02 bits per heavy atom. The Morgan fingerprint density at radius 3 is 2.63 bits per heavy atom. The molecule has 0 saturated carbocycles. The van der Waals surface area contributed by atoms with Gasteiger partial charge in [0.1, 0.15) is 24.2 Å². The third-order valence-electron chi connectivity index (χ3n) is 7.51. The fourth-order valence-electron chi connectivity index (χ4n) is 5.09. The van der Waals surface area contributed by atoms with Crippen molar-refractivity contribution in [2.75, 3.05) is 38.1 Å². The third-order valence-corrected chi connectivity index (χ3v) is 7.51. The molecule has 1 aromatic heterocycles. The number of anilines is 1. The van der Waals surface area contributed by atoms with Crippen LogP contribution in [0.25, 0.3) is 0 Å². The molecule has 3 aromatic rings. The molecule has 0 unspecified atom stereocenters. The highest BCUT2D eigenvalue weighted by Crippen LogP contribution is 2.20. The van der Waals surface area contributed by atoms with Crippen molar-refractivity contribution in [2.24, 2.45) is 0 Å². The number of nitrogens with zero attached hydrogens (tertiary/aromatic N) is 2. The van der Waals surface area contributed by atoms with E-state index in [9.17, 15) is 14.7 Å². The van der Waals surface area contributed by atoms with Crippen molar-refractivity contribution in [2.45, 2.75) is 57.9 Å². The van der Waals surface area contributed by atoms with Gasteiger partial charge in [-0.15, -0.1) is 0 Å². The SMILES string of the molecule is Cc1ccccc1CC(=O)N[C@@H](CCN(CCCCc1ccc2c(n1)NCCC2)CCOc1ccccc1)C(=O)O. The van der Waals surface area contributed by atoms with Crippen molar-refractivity contribution < 1.29 is 19.4 Å². The first-order chi connectivity index (χ1) is 20.0. The Hall–Kier alpha value is -3.91. The first kappa shape index (κ1) is 30.1. The van der Waals surface area contributed by atoms with Gasteiger partial charge >= 0.3 is 5.97 Å². The van der Waals surface area contributed by atoms with E-state index in [1.165, 1.54) is 5.56 Å².